The summed E-state index contributed by atoms with van der Waals surface area (Å²) in [5.74, 6) is -0.982. The molecule has 2 rings (SSSR count). The quantitative estimate of drug-likeness (QED) is 0.120. The molecule has 2 aromatic rings. The number of nitrogens with two attached hydrogens (primary N) is 1. The van der Waals surface area contributed by atoms with Gasteiger partial charge < -0.3 is 15.6 Å². The van der Waals surface area contributed by atoms with Gasteiger partial charge in [-0.25, -0.2) is 13.9 Å². The van der Waals surface area contributed by atoms with E-state index in [4.69, 9.17) is 20.7 Å². The van der Waals surface area contributed by atoms with Crippen LogP contribution < -0.4 is 20.7 Å². The molecule has 12 heteroatoms. The summed E-state index contributed by atoms with van der Waals surface area (Å²) in [5, 5.41) is 16.5. The van der Waals surface area contributed by atoms with E-state index in [1.165, 1.54) is 6.07 Å². The minimum absolute atomic E-state index is 0.0261. The molecular weight excluding hydrogens is 504 g/mol. The summed E-state index contributed by atoms with van der Waals surface area (Å²) in [6.45, 7) is 2.30. The number of sulfonamides is 1. The van der Waals surface area contributed by atoms with Crippen LogP contribution in [0, 0.1) is 12.3 Å². The summed E-state index contributed by atoms with van der Waals surface area (Å²) in [6, 6.07) is 10.0. The third-order valence-corrected chi connectivity index (χ3v) is 6.35. The number of halogens is 1. The molecule has 1 atom stereocenters. The lowest BCUT2D eigenvalue weighted by molar-refractivity contribution is -0.138. The highest BCUT2D eigenvalue weighted by Gasteiger charge is 2.26. The number of carbonyl (C=O) groups is 1. The Morgan fingerprint density at radius 2 is 1.91 bits per heavy atom. The van der Waals surface area contributed by atoms with Crippen LogP contribution in [-0.4, -0.2) is 44.7 Å². The van der Waals surface area contributed by atoms with Crippen LogP contribution in [0.4, 0.5) is 0 Å². The molecule has 0 fully saturated rings. The molecule has 0 bridgehead atoms. The third kappa shape index (κ3) is 8.11. The Morgan fingerprint density at radius 3 is 2.50 bits per heavy atom. The molecule has 174 valence electrons. The second kappa shape index (κ2) is 11.8. The van der Waals surface area contributed by atoms with Crippen molar-refractivity contribution in [3.05, 3.63) is 58.1 Å². The lowest BCUT2D eigenvalue weighted by Crippen LogP contribution is -2.42. The van der Waals surface area contributed by atoms with Gasteiger partial charge in [0.2, 0.25) is 16.0 Å². The van der Waals surface area contributed by atoms with Gasteiger partial charge in [-0.3, -0.25) is 15.0 Å². The van der Waals surface area contributed by atoms with Gasteiger partial charge in [0.15, 0.2) is 0 Å². The van der Waals surface area contributed by atoms with E-state index in [9.17, 15) is 18.3 Å². The van der Waals surface area contributed by atoms with Crippen molar-refractivity contribution in [2.24, 2.45) is 5.73 Å². The number of aliphatic carboxylic acids is 1. The number of carboxylic acid groups (broad SMARTS) is 1. The Morgan fingerprint density at radius 1 is 1.22 bits per heavy atom. The number of rotatable bonds is 12. The SMILES string of the molecule is Cc1cc(Br)ccc1S(=O)(=O)N[C@@H](Cc1ccc(OCCCONC(=N)N)cc1)C(=O)O. The fourth-order valence-corrected chi connectivity index (χ4v) is 4.64. The molecule has 0 saturated carbocycles. The zero-order chi connectivity index (χ0) is 23.7. The Bertz CT molecular complexity index is 1050. The summed E-state index contributed by atoms with van der Waals surface area (Å²) < 4.78 is 34.0. The van der Waals surface area contributed by atoms with Crippen LogP contribution >= 0.6 is 15.9 Å². The monoisotopic (exact) mass is 528 g/mol. The first kappa shape index (κ1) is 25.6. The first-order chi connectivity index (χ1) is 15.1. The van der Waals surface area contributed by atoms with E-state index in [1.807, 2.05) is 0 Å². The van der Waals surface area contributed by atoms with Crippen molar-refractivity contribution in [1.29, 1.82) is 5.41 Å². The zero-order valence-corrected chi connectivity index (χ0v) is 19.7. The number of ether oxygens (including phenoxy) is 1. The smallest absolute Gasteiger partial charge is 0.322 e. The molecule has 6 N–H and O–H groups in total. The Labute approximate surface area is 194 Å². The van der Waals surface area contributed by atoms with Gasteiger partial charge in [-0.2, -0.15) is 4.72 Å². The minimum Gasteiger partial charge on any atom is -0.494 e. The van der Waals surface area contributed by atoms with Crippen molar-refractivity contribution >= 4 is 37.9 Å². The third-order valence-electron chi connectivity index (χ3n) is 4.23. The molecule has 0 radical (unpaired) electrons. The van der Waals surface area contributed by atoms with E-state index in [1.54, 1.807) is 43.3 Å². The van der Waals surface area contributed by atoms with Crippen molar-refractivity contribution in [3.8, 4) is 5.75 Å². The van der Waals surface area contributed by atoms with Crippen molar-refractivity contribution < 1.29 is 27.9 Å². The van der Waals surface area contributed by atoms with Crippen LogP contribution in [0.15, 0.2) is 51.8 Å². The van der Waals surface area contributed by atoms with Gasteiger partial charge in [0.05, 0.1) is 18.1 Å². The predicted octanol–water partition coefficient (Wildman–Crippen LogP) is 1.92. The standard InChI is InChI=1S/C20H25BrN4O6S/c1-13-11-15(21)5-8-18(13)32(28,29)25-17(19(26)27)12-14-3-6-16(7-4-14)30-9-2-10-31-24-20(22)23/h3-8,11,17,25H,2,9-10,12H2,1H3,(H,26,27)(H4,22,23,24)/t17-/m0/s1. The maximum atomic E-state index is 12.7. The van der Waals surface area contributed by atoms with E-state index in [2.05, 4.69) is 26.1 Å². The molecular formula is C20H25BrN4O6S. The summed E-state index contributed by atoms with van der Waals surface area (Å²) in [7, 11) is -4.02. The number of benzene rings is 2. The molecule has 0 aliphatic heterocycles. The summed E-state index contributed by atoms with van der Waals surface area (Å²) in [4.78, 5) is 16.6. The average Bonchev–Trinajstić information content (AvgIpc) is 2.70. The number of hydrogen-bond donors (Lipinski definition) is 5. The van der Waals surface area contributed by atoms with Crippen LogP contribution in [-0.2, 0) is 26.1 Å². The number of carboxylic acids is 1. The van der Waals surface area contributed by atoms with E-state index < -0.39 is 22.0 Å². The molecule has 0 heterocycles. The number of guanidine groups is 1. The first-order valence-electron chi connectivity index (χ1n) is 9.53. The molecule has 0 aromatic heterocycles. The maximum Gasteiger partial charge on any atom is 0.322 e. The lowest BCUT2D eigenvalue weighted by atomic mass is 10.1. The van der Waals surface area contributed by atoms with Crippen molar-refractivity contribution in [2.75, 3.05) is 13.2 Å². The molecule has 10 nitrogen and oxygen atoms in total. The summed E-state index contributed by atoms with van der Waals surface area (Å²) >= 11 is 3.28. The molecule has 0 spiro atoms. The Hall–Kier alpha value is -2.67. The van der Waals surface area contributed by atoms with E-state index in [0.717, 1.165) is 4.47 Å². The van der Waals surface area contributed by atoms with Gasteiger partial charge in [-0.1, -0.05) is 28.1 Å². The van der Waals surface area contributed by atoms with Crippen LogP contribution in [0.1, 0.15) is 17.5 Å². The van der Waals surface area contributed by atoms with Crippen LogP contribution in [0.3, 0.4) is 0 Å². The van der Waals surface area contributed by atoms with Crippen molar-refractivity contribution in [1.82, 2.24) is 10.2 Å². The second-order valence-electron chi connectivity index (χ2n) is 6.84. The fourth-order valence-electron chi connectivity index (χ4n) is 2.75. The van der Waals surface area contributed by atoms with E-state index in [-0.39, 0.29) is 17.3 Å². The molecule has 0 unspecified atom stereocenters. The number of aryl methyl sites for hydroxylation is 1. The van der Waals surface area contributed by atoms with E-state index in [0.29, 0.717) is 36.5 Å². The topological polar surface area (TPSA) is 164 Å². The molecule has 0 amide bonds. The molecule has 32 heavy (non-hydrogen) atoms. The number of hydroxylamine groups is 1. The highest BCUT2D eigenvalue weighted by molar-refractivity contribution is 9.10. The van der Waals surface area contributed by atoms with Crippen LogP contribution in [0.5, 0.6) is 5.75 Å². The lowest BCUT2D eigenvalue weighted by Gasteiger charge is -2.16. The minimum atomic E-state index is -4.02. The van der Waals surface area contributed by atoms with E-state index >= 15 is 0 Å². The summed E-state index contributed by atoms with van der Waals surface area (Å²) in [5.41, 5.74) is 8.43. The molecule has 2 aromatic carbocycles. The maximum absolute atomic E-state index is 12.7. The molecule has 0 aliphatic carbocycles. The van der Waals surface area contributed by atoms with Gasteiger partial charge in [0, 0.05) is 10.9 Å². The fraction of sp³-hybridized carbons (Fsp3) is 0.300. The van der Waals surface area contributed by atoms with Gasteiger partial charge in [-0.15, -0.1) is 0 Å². The second-order valence-corrected chi connectivity index (χ2v) is 9.43. The first-order valence-corrected chi connectivity index (χ1v) is 11.8. The molecule has 0 saturated heterocycles. The van der Waals surface area contributed by atoms with Gasteiger partial charge in [0.1, 0.15) is 11.8 Å². The molecule has 0 aliphatic rings. The Balaban J connectivity index is 1.95. The van der Waals surface area contributed by atoms with Gasteiger partial charge >= 0.3 is 5.97 Å². The van der Waals surface area contributed by atoms with Gasteiger partial charge in [0.25, 0.3) is 0 Å². The van der Waals surface area contributed by atoms with Crippen LogP contribution in [0.2, 0.25) is 0 Å². The van der Waals surface area contributed by atoms with Crippen molar-refractivity contribution in [2.45, 2.75) is 30.7 Å². The zero-order valence-electron chi connectivity index (χ0n) is 17.3. The highest BCUT2D eigenvalue weighted by Crippen LogP contribution is 2.21. The van der Waals surface area contributed by atoms with Gasteiger partial charge in [-0.05, 0) is 54.8 Å². The largest absolute Gasteiger partial charge is 0.494 e. The average molecular weight is 529 g/mol. The number of nitrogens with one attached hydrogen (secondary N) is 3. The van der Waals surface area contributed by atoms with Crippen molar-refractivity contribution in [3.63, 3.8) is 0 Å². The Kier molecular flexibility index (Phi) is 9.44. The summed E-state index contributed by atoms with van der Waals surface area (Å²) in [6.07, 6.45) is 0.523. The predicted molar refractivity (Wildman–Crippen MR) is 122 cm³/mol. The normalized spacial score (nSPS) is 12.2. The highest BCUT2D eigenvalue weighted by atomic mass is 79.9. The number of hydrogen-bond acceptors (Lipinski definition) is 6. The van der Waals surface area contributed by atoms with Crippen LogP contribution in [0.25, 0.3) is 0 Å².